The Hall–Kier alpha value is -1.72. The van der Waals surface area contributed by atoms with E-state index in [0.29, 0.717) is 6.61 Å². The molecule has 0 radical (unpaired) electrons. The van der Waals surface area contributed by atoms with E-state index in [1.807, 2.05) is 30.3 Å². The van der Waals surface area contributed by atoms with Crippen molar-refractivity contribution in [1.82, 2.24) is 0 Å². The van der Waals surface area contributed by atoms with Gasteiger partial charge in [-0.25, -0.2) is 4.79 Å². The molecule has 3 aliphatic rings. The monoisotopic (exact) mass is 386 g/mol. The predicted molar refractivity (Wildman–Crippen MR) is 103 cm³/mol. The summed E-state index contributed by atoms with van der Waals surface area (Å²) in [6.07, 6.45) is 7.10. The Morgan fingerprint density at radius 3 is 2.79 bits per heavy atom. The molecule has 5 nitrogen and oxygen atoms in total. The largest absolute Gasteiger partial charge is 0.455 e. The zero-order valence-electron chi connectivity index (χ0n) is 16.6. The number of benzene rings is 1. The van der Waals surface area contributed by atoms with Crippen LogP contribution in [-0.2, 0) is 30.4 Å². The highest BCUT2D eigenvalue weighted by molar-refractivity contribution is 6.33. The predicted octanol–water partition coefficient (Wildman–Crippen LogP) is 3.89. The van der Waals surface area contributed by atoms with Crippen LogP contribution in [0, 0.1) is 23.2 Å². The van der Waals surface area contributed by atoms with Crippen molar-refractivity contribution in [3.63, 3.8) is 0 Å². The van der Waals surface area contributed by atoms with E-state index < -0.39 is 18.0 Å². The fraction of sp³-hybridized carbons (Fsp3) is 0.652. The number of rotatable bonds is 9. The number of methoxy groups -OCH3 is 1. The number of hydrogen-bond donors (Lipinski definition) is 0. The highest BCUT2D eigenvalue weighted by Crippen LogP contribution is 2.64. The Bertz CT molecular complexity index is 698. The summed E-state index contributed by atoms with van der Waals surface area (Å²) in [7, 11) is 1.52. The number of ether oxygens (including phenoxy) is 3. The third kappa shape index (κ3) is 4.01. The molecule has 3 aliphatic carbocycles. The Morgan fingerprint density at radius 1 is 1.18 bits per heavy atom. The lowest BCUT2D eigenvalue weighted by atomic mass is 9.43. The van der Waals surface area contributed by atoms with E-state index in [2.05, 4.69) is 0 Å². The molecule has 5 atom stereocenters. The molecule has 0 saturated heterocycles. The molecule has 1 aromatic carbocycles. The van der Waals surface area contributed by atoms with Gasteiger partial charge < -0.3 is 14.2 Å². The Balaban J connectivity index is 1.24. The maximum absolute atomic E-state index is 12.2. The van der Waals surface area contributed by atoms with Gasteiger partial charge in [-0.05, 0) is 60.8 Å². The molecule has 0 spiro atoms. The Labute approximate surface area is 166 Å². The van der Waals surface area contributed by atoms with Gasteiger partial charge >= 0.3 is 5.97 Å². The van der Waals surface area contributed by atoms with Gasteiger partial charge in [0, 0.05) is 7.11 Å². The molecule has 0 amide bonds. The van der Waals surface area contributed by atoms with Gasteiger partial charge in [0.15, 0.2) is 6.29 Å². The summed E-state index contributed by atoms with van der Waals surface area (Å²) in [6, 6.07) is 9.32. The smallest absolute Gasteiger partial charge is 0.375 e. The van der Waals surface area contributed by atoms with E-state index in [-0.39, 0.29) is 18.4 Å². The lowest BCUT2D eigenvalue weighted by Gasteiger charge is -2.62. The zero-order chi connectivity index (χ0) is 19.6. The van der Waals surface area contributed by atoms with Crippen molar-refractivity contribution < 1.29 is 23.8 Å². The summed E-state index contributed by atoms with van der Waals surface area (Å²) in [5, 5.41) is 0. The van der Waals surface area contributed by atoms with Crippen LogP contribution in [0.25, 0.3) is 0 Å². The number of Topliss-reactive ketones (excluding diaryl/α,β-unsaturated/α-hetero) is 1. The number of hydrogen-bond acceptors (Lipinski definition) is 5. The molecule has 4 rings (SSSR count). The second-order valence-electron chi connectivity index (χ2n) is 8.82. The maximum Gasteiger partial charge on any atom is 0.375 e. The van der Waals surface area contributed by atoms with E-state index >= 15 is 0 Å². The molecule has 5 unspecified atom stereocenters. The van der Waals surface area contributed by atoms with Crippen LogP contribution >= 0.6 is 0 Å². The van der Waals surface area contributed by atoms with Crippen LogP contribution in [0.3, 0.4) is 0 Å². The molecule has 1 aromatic rings. The summed E-state index contributed by atoms with van der Waals surface area (Å²) < 4.78 is 16.4. The Kier molecular flexibility index (Phi) is 5.83. The van der Waals surface area contributed by atoms with Crippen molar-refractivity contribution in [2.24, 2.45) is 23.2 Å². The van der Waals surface area contributed by atoms with Crippen molar-refractivity contribution in [3.8, 4) is 0 Å². The average molecular weight is 386 g/mol. The number of esters is 1. The first-order valence-electron chi connectivity index (χ1n) is 10.5. The van der Waals surface area contributed by atoms with Crippen LogP contribution in [0.5, 0.6) is 0 Å². The molecule has 3 saturated carbocycles. The van der Waals surface area contributed by atoms with Crippen molar-refractivity contribution in [1.29, 1.82) is 0 Å². The van der Waals surface area contributed by atoms with Crippen LogP contribution < -0.4 is 0 Å². The number of fused-ring (bicyclic) bond motifs is 1. The lowest BCUT2D eigenvalue weighted by Crippen LogP contribution is -2.56. The van der Waals surface area contributed by atoms with Crippen LogP contribution in [0.4, 0.5) is 0 Å². The fourth-order valence-corrected chi connectivity index (χ4v) is 5.61. The minimum atomic E-state index is -0.829. The van der Waals surface area contributed by atoms with E-state index in [0.717, 1.165) is 23.3 Å². The van der Waals surface area contributed by atoms with Crippen molar-refractivity contribution >= 4 is 11.8 Å². The topological polar surface area (TPSA) is 61.8 Å². The minimum absolute atomic E-state index is 0.0945. The van der Waals surface area contributed by atoms with Gasteiger partial charge in [-0.2, -0.15) is 0 Å². The van der Waals surface area contributed by atoms with Crippen molar-refractivity contribution in [2.45, 2.75) is 57.8 Å². The van der Waals surface area contributed by atoms with E-state index in [9.17, 15) is 9.59 Å². The summed E-state index contributed by atoms with van der Waals surface area (Å²) in [5.74, 6) is 1.13. The second kappa shape index (κ2) is 8.34. The summed E-state index contributed by atoms with van der Waals surface area (Å²) >= 11 is 0. The van der Waals surface area contributed by atoms with Crippen LogP contribution in [-0.4, -0.2) is 31.8 Å². The molecule has 0 N–H and O–H groups in total. The average Bonchev–Trinajstić information content (AvgIpc) is 2.70. The first kappa shape index (κ1) is 19.6. The maximum atomic E-state index is 12.2. The molecule has 0 aliphatic heterocycles. The molecule has 152 valence electrons. The van der Waals surface area contributed by atoms with Crippen LogP contribution in [0.2, 0.25) is 0 Å². The van der Waals surface area contributed by atoms with Crippen molar-refractivity contribution in [3.05, 3.63) is 35.9 Å². The summed E-state index contributed by atoms with van der Waals surface area (Å²) in [5.41, 5.74) is 1.12. The number of ketones is 1. The zero-order valence-corrected chi connectivity index (χ0v) is 16.6. The highest BCUT2D eigenvalue weighted by atomic mass is 16.7. The molecular formula is C23H30O5. The lowest BCUT2D eigenvalue weighted by molar-refractivity contribution is -0.210. The molecule has 2 bridgehead atoms. The van der Waals surface area contributed by atoms with Gasteiger partial charge in [0.25, 0.3) is 0 Å². The van der Waals surface area contributed by atoms with Gasteiger partial charge in [-0.1, -0.05) is 36.8 Å². The van der Waals surface area contributed by atoms with Crippen LogP contribution in [0.15, 0.2) is 30.3 Å². The third-order valence-electron chi connectivity index (χ3n) is 7.22. The quantitative estimate of drug-likeness (QED) is 0.366. The van der Waals surface area contributed by atoms with E-state index in [1.165, 1.54) is 45.6 Å². The minimum Gasteiger partial charge on any atom is -0.455 e. The molecular weight excluding hydrogens is 356 g/mol. The molecule has 0 heterocycles. The summed E-state index contributed by atoms with van der Waals surface area (Å²) in [6.45, 7) is 0.725. The standard InChI is InChI=1S/C23H30O5/c1-26-21(12-20(24)22(25)27-14-17-5-3-2-4-6-17)28-15-23-10-9-16-7-8-18(13-23)19(23)11-16/h2-6,16,18-19,21H,7-15H2,1H3. The van der Waals surface area contributed by atoms with Gasteiger partial charge in [0.1, 0.15) is 6.61 Å². The van der Waals surface area contributed by atoms with Gasteiger partial charge in [-0.3, -0.25) is 4.79 Å². The first-order valence-corrected chi connectivity index (χ1v) is 10.5. The van der Waals surface area contributed by atoms with Crippen LogP contribution in [0.1, 0.15) is 50.5 Å². The summed E-state index contributed by atoms with van der Waals surface area (Å²) in [4.78, 5) is 24.2. The molecule has 0 aromatic heterocycles. The number of carbonyl (C=O) groups is 2. The SMILES string of the molecule is COC(CC(=O)C(=O)OCc1ccccc1)OCC12CCC3CCC(C1)C2C3. The molecule has 3 fully saturated rings. The fourth-order valence-electron chi connectivity index (χ4n) is 5.61. The second-order valence-corrected chi connectivity index (χ2v) is 8.82. The van der Waals surface area contributed by atoms with Gasteiger partial charge in [0.05, 0.1) is 13.0 Å². The highest BCUT2D eigenvalue weighted by Gasteiger charge is 2.57. The first-order chi connectivity index (χ1) is 13.6. The van der Waals surface area contributed by atoms with Gasteiger partial charge in [-0.15, -0.1) is 0 Å². The van der Waals surface area contributed by atoms with E-state index in [1.54, 1.807) is 0 Å². The molecule has 5 heteroatoms. The van der Waals surface area contributed by atoms with E-state index in [4.69, 9.17) is 14.2 Å². The Morgan fingerprint density at radius 2 is 2.00 bits per heavy atom. The van der Waals surface area contributed by atoms with Gasteiger partial charge in [0.2, 0.25) is 5.78 Å². The number of carbonyl (C=O) groups excluding carboxylic acids is 2. The molecule has 28 heavy (non-hydrogen) atoms. The van der Waals surface area contributed by atoms with Crippen molar-refractivity contribution in [2.75, 3.05) is 13.7 Å². The third-order valence-corrected chi connectivity index (χ3v) is 7.22. The normalized spacial score (nSPS) is 31.5.